The van der Waals surface area contributed by atoms with Gasteiger partial charge in [0.25, 0.3) is 0 Å². The van der Waals surface area contributed by atoms with E-state index in [4.69, 9.17) is 23.2 Å². The van der Waals surface area contributed by atoms with Gasteiger partial charge >= 0.3 is 0 Å². The maximum atomic E-state index is 12.5. The fraction of sp³-hybridized carbons (Fsp3) is 0.176. The lowest BCUT2D eigenvalue weighted by molar-refractivity contribution is -0.116. The predicted molar refractivity (Wildman–Crippen MR) is 102 cm³/mol. The van der Waals surface area contributed by atoms with Crippen molar-refractivity contribution >= 4 is 57.6 Å². The number of carbonyl (C=O) groups is 1. The van der Waals surface area contributed by atoms with Crippen LogP contribution in [0.1, 0.15) is 5.82 Å². The summed E-state index contributed by atoms with van der Waals surface area (Å²) in [6, 6.07) is 12.9. The Morgan fingerprint density at radius 2 is 2.00 bits per heavy atom. The van der Waals surface area contributed by atoms with Crippen molar-refractivity contribution in [1.82, 2.24) is 9.55 Å². The molecule has 124 valence electrons. The van der Waals surface area contributed by atoms with Gasteiger partial charge in [0.1, 0.15) is 12.4 Å². The molecule has 0 fully saturated rings. The molecule has 3 rings (SSSR count). The van der Waals surface area contributed by atoms with Crippen LogP contribution in [0.3, 0.4) is 0 Å². The highest BCUT2D eigenvalue weighted by Crippen LogP contribution is 2.29. The SMILES string of the molecule is CSCc1nc2ccccc2n1CC(=O)Nc1cccc(Cl)c1Cl. The second-order valence-electron chi connectivity index (χ2n) is 5.19. The van der Waals surface area contributed by atoms with Gasteiger partial charge in [-0.1, -0.05) is 41.4 Å². The molecule has 2 aromatic carbocycles. The number of anilines is 1. The van der Waals surface area contributed by atoms with Gasteiger partial charge in [-0.25, -0.2) is 4.98 Å². The van der Waals surface area contributed by atoms with E-state index in [1.165, 1.54) is 0 Å². The van der Waals surface area contributed by atoms with Crippen molar-refractivity contribution in [2.24, 2.45) is 0 Å². The minimum absolute atomic E-state index is 0.166. The molecular formula is C17H15Cl2N3OS. The van der Waals surface area contributed by atoms with Crippen LogP contribution in [0.15, 0.2) is 42.5 Å². The van der Waals surface area contributed by atoms with Crippen LogP contribution >= 0.6 is 35.0 Å². The fourth-order valence-electron chi connectivity index (χ4n) is 2.47. The van der Waals surface area contributed by atoms with E-state index >= 15 is 0 Å². The van der Waals surface area contributed by atoms with E-state index in [-0.39, 0.29) is 12.5 Å². The molecule has 0 atom stereocenters. The van der Waals surface area contributed by atoms with Crippen molar-refractivity contribution in [1.29, 1.82) is 0 Å². The molecule has 1 heterocycles. The van der Waals surface area contributed by atoms with E-state index in [0.717, 1.165) is 22.6 Å². The summed E-state index contributed by atoms with van der Waals surface area (Å²) in [4.78, 5) is 17.1. The Hall–Kier alpha value is -1.69. The number of hydrogen-bond acceptors (Lipinski definition) is 3. The van der Waals surface area contributed by atoms with Gasteiger partial charge in [0.05, 0.1) is 32.5 Å². The first-order chi connectivity index (χ1) is 11.6. The number of benzene rings is 2. The number of aromatic nitrogens is 2. The van der Waals surface area contributed by atoms with Crippen LogP contribution in [0.25, 0.3) is 11.0 Å². The number of imidazole rings is 1. The molecule has 0 aliphatic rings. The summed E-state index contributed by atoms with van der Waals surface area (Å²) < 4.78 is 1.93. The predicted octanol–water partition coefficient (Wildman–Crippen LogP) is 4.84. The molecule has 24 heavy (non-hydrogen) atoms. The van der Waals surface area contributed by atoms with Crippen molar-refractivity contribution in [2.75, 3.05) is 11.6 Å². The minimum Gasteiger partial charge on any atom is -0.323 e. The summed E-state index contributed by atoms with van der Waals surface area (Å²) in [5.41, 5.74) is 2.33. The zero-order chi connectivity index (χ0) is 17.1. The zero-order valence-corrected chi connectivity index (χ0v) is 15.3. The van der Waals surface area contributed by atoms with Gasteiger partial charge in [0.15, 0.2) is 0 Å². The number of hydrogen-bond donors (Lipinski definition) is 1. The Bertz CT molecular complexity index is 895. The van der Waals surface area contributed by atoms with Crippen molar-refractivity contribution < 1.29 is 4.79 Å². The highest BCUT2D eigenvalue weighted by molar-refractivity contribution is 7.97. The lowest BCUT2D eigenvalue weighted by Gasteiger charge is -2.11. The van der Waals surface area contributed by atoms with Crippen molar-refractivity contribution in [3.05, 3.63) is 58.3 Å². The molecule has 1 N–H and O–H groups in total. The zero-order valence-electron chi connectivity index (χ0n) is 12.9. The number of para-hydroxylation sites is 2. The van der Waals surface area contributed by atoms with E-state index in [1.807, 2.05) is 35.1 Å². The molecule has 0 radical (unpaired) electrons. The van der Waals surface area contributed by atoms with Crippen LogP contribution in [0.4, 0.5) is 5.69 Å². The van der Waals surface area contributed by atoms with Crippen molar-refractivity contribution in [3.8, 4) is 0 Å². The molecule has 0 saturated heterocycles. The van der Waals surface area contributed by atoms with Gasteiger partial charge in [0.2, 0.25) is 5.91 Å². The molecule has 7 heteroatoms. The molecule has 4 nitrogen and oxygen atoms in total. The number of rotatable bonds is 5. The number of halogens is 2. The van der Waals surface area contributed by atoms with Crippen LogP contribution in [-0.4, -0.2) is 21.7 Å². The van der Waals surface area contributed by atoms with Crippen LogP contribution < -0.4 is 5.32 Å². The number of thioether (sulfide) groups is 1. The molecule has 0 spiro atoms. The molecule has 1 amide bonds. The normalized spacial score (nSPS) is 11.0. The Kier molecular flexibility index (Phi) is 5.33. The third-order valence-corrected chi connectivity index (χ3v) is 4.90. The number of nitrogens with one attached hydrogen (secondary N) is 1. The average Bonchev–Trinajstić information content (AvgIpc) is 2.90. The van der Waals surface area contributed by atoms with Crippen LogP contribution in [0, 0.1) is 0 Å². The summed E-state index contributed by atoms with van der Waals surface area (Å²) in [5.74, 6) is 1.43. The molecule has 0 aliphatic heterocycles. The first kappa shape index (κ1) is 17.1. The lowest BCUT2D eigenvalue weighted by atomic mass is 10.3. The average molecular weight is 380 g/mol. The molecular weight excluding hydrogens is 365 g/mol. The standard InChI is InChI=1S/C17H15Cl2N3OS/c1-24-10-15-20-12-6-2-3-8-14(12)22(15)9-16(23)21-13-7-4-5-11(18)17(13)19/h2-8H,9-10H2,1H3,(H,21,23). The van der Waals surface area contributed by atoms with Crippen LogP contribution in [0.2, 0.25) is 10.0 Å². The number of nitrogens with zero attached hydrogens (tertiary/aromatic N) is 2. The third kappa shape index (κ3) is 3.53. The van der Waals surface area contributed by atoms with E-state index in [2.05, 4.69) is 10.3 Å². The second kappa shape index (κ2) is 7.47. The summed E-state index contributed by atoms with van der Waals surface area (Å²) in [5, 5.41) is 3.56. The number of fused-ring (bicyclic) bond motifs is 1. The number of amides is 1. The molecule has 3 aromatic rings. The largest absolute Gasteiger partial charge is 0.323 e. The van der Waals surface area contributed by atoms with Gasteiger partial charge in [-0.05, 0) is 30.5 Å². The first-order valence-electron chi connectivity index (χ1n) is 7.27. The number of carbonyl (C=O) groups excluding carboxylic acids is 1. The monoisotopic (exact) mass is 379 g/mol. The molecule has 0 saturated carbocycles. The maximum absolute atomic E-state index is 12.5. The van der Waals surface area contributed by atoms with Gasteiger partial charge in [-0.2, -0.15) is 11.8 Å². The Morgan fingerprint density at radius 3 is 2.79 bits per heavy atom. The minimum atomic E-state index is -0.176. The van der Waals surface area contributed by atoms with E-state index in [1.54, 1.807) is 30.0 Å². The van der Waals surface area contributed by atoms with E-state index < -0.39 is 0 Å². The molecule has 1 aromatic heterocycles. The molecule has 0 unspecified atom stereocenters. The van der Waals surface area contributed by atoms with Gasteiger partial charge in [0, 0.05) is 0 Å². The fourth-order valence-corrected chi connectivity index (χ4v) is 3.30. The quantitative estimate of drug-likeness (QED) is 0.689. The van der Waals surface area contributed by atoms with Crippen LogP contribution in [0.5, 0.6) is 0 Å². The Balaban J connectivity index is 1.87. The Morgan fingerprint density at radius 1 is 1.21 bits per heavy atom. The summed E-state index contributed by atoms with van der Waals surface area (Å²) in [6.45, 7) is 0.166. The Labute approximate surface area is 154 Å². The van der Waals surface area contributed by atoms with E-state index in [0.29, 0.717) is 15.7 Å². The highest BCUT2D eigenvalue weighted by atomic mass is 35.5. The van der Waals surface area contributed by atoms with Gasteiger partial charge < -0.3 is 9.88 Å². The van der Waals surface area contributed by atoms with E-state index in [9.17, 15) is 4.79 Å². The van der Waals surface area contributed by atoms with Crippen molar-refractivity contribution in [2.45, 2.75) is 12.3 Å². The maximum Gasteiger partial charge on any atom is 0.244 e. The third-order valence-electron chi connectivity index (χ3n) is 3.53. The summed E-state index contributed by atoms with van der Waals surface area (Å²) >= 11 is 13.8. The molecule has 0 aliphatic carbocycles. The van der Waals surface area contributed by atoms with Gasteiger partial charge in [-0.3, -0.25) is 4.79 Å². The van der Waals surface area contributed by atoms with Crippen molar-refractivity contribution in [3.63, 3.8) is 0 Å². The first-order valence-corrected chi connectivity index (χ1v) is 9.42. The van der Waals surface area contributed by atoms with Gasteiger partial charge in [-0.15, -0.1) is 0 Å². The topological polar surface area (TPSA) is 46.9 Å². The second-order valence-corrected chi connectivity index (χ2v) is 6.84. The molecule has 0 bridgehead atoms. The smallest absolute Gasteiger partial charge is 0.244 e. The lowest BCUT2D eigenvalue weighted by Crippen LogP contribution is -2.20. The summed E-state index contributed by atoms with van der Waals surface area (Å²) in [6.07, 6.45) is 2.01. The summed E-state index contributed by atoms with van der Waals surface area (Å²) in [7, 11) is 0. The highest BCUT2D eigenvalue weighted by Gasteiger charge is 2.14. The van der Waals surface area contributed by atoms with Crippen LogP contribution in [-0.2, 0) is 17.1 Å².